The van der Waals surface area contributed by atoms with Gasteiger partial charge in [-0.1, -0.05) is 34.1 Å². The van der Waals surface area contributed by atoms with E-state index in [1.165, 1.54) is 30.3 Å². The number of benzene rings is 2. The Bertz CT molecular complexity index is 1110. The highest BCUT2D eigenvalue weighted by molar-refractivity contribution is 9.10. The van der Waals surface area contributed by atoms with Crippen molar-refractivity contribution in [3.8, 4) is 17.4 Å². The van der Waals surface area contributed by atoms with Crippen molar-refractivity contribution < 1.29 is 14.1 Å². The van der Waals surface area contributed by atoms with Crippen LogP contribution in [0.5, 0.6) is 0 Å². The molecule has 0 saturated heterocycles. The van der Waals surface area contributed by atoms with Gasteiger partial charge in [0.2, 0.25) is 0 Å². The van der Waals surface area contributed by atoms with Crippen LogP contribution in [0, 0.1) is 21.4 Å². The summed E-state index contributed by atoms with van der Waals surface area (Å²) >= 11 is 3.36. The summed E-state index contributed by atoms with van der Waals surface area (Å²) in [5.41, 5.74) is 0.714. The lowest BCUT2D eigenvalue weighted by Gasteiger charge is -2.03. The maximum absolute atomic E-state index is 12.3. The number of amides is 1. The summed E-state index contributed by atoms with van der Waals surface area (Å²) in [6.07, 6.45) is 1.31. The number of nitrogens with zero attached hydrogens (tertiary/aromatic N) is 2. The van der Waals surface area contributed by atoms with E-state index in [1.54, 1.807) is 12.1 Å². The van der Waals surface area contributed by atoms with Gasteiger partial charge in [0.25, 0.3) is 11.6 Å². The fourth-order valence-electron chi connectivity index (χ4n) is 2.39. The first kappa shape index (κ1) is 19.1. The minimum atomic E-state index is -0.690. The normalized spacial score (nSPS) is 10.9. The third-order valence-electron chi connectivity index (χ3n) is 3.72. The van der Waals surface area contributed by atoms with Crippen LogP contribution in [0.2, 0.25) is 0 Å². The number of non-ortho nitro benzene ring substituents is 1. The van der Waals surface area contributed by atoms with Crippen LogP contribution in [0.3, 0.4) is 0 Å². The number of carbonyl (C=O) groups is 1. The standard InChI is InChI=1S/C20H12BrN3O4/c21-15-6-4-13(5-7-15)19-9-8-18(28-19)10-14(12-22)20(25)23-16-2-1-3-17(11-16)24(26)27/h1-11H,(H,23,25)/b14-10+. The second-order valence-corrected chi connectivity index (χ2v) is 6.56. The molecule has 1 amide bonds. The number of anilines is 1. The van der Waals surface area contributed by atoms with Gasteiger partial charge in [-0.05, 0) is 30.3 Å². The van der Waals surface area contributed by atoms with E-state index in [0.29, 0.717) is 11.5 Å². The van der Waals surface area contributed by atoms with Crippen molar-refractivity contribution in [2.75, 3.05) is 5.32 Å². The van der Waals surface area contributed by atoms with Gasteiger partial charge in [0.15, 0.2) is 0 Å². The highest BCUT2D eigenvalue weighted by Crippen LogP contribution is 2.25. The fourth-order valence-corrected chi connectivity index (χ4v) is 2.65. The monoisotopic (exact) mass is 437 g/mol. The Kier molecular flexibility index (Phi) is 5.67. The number of nitrogens with one attached hydrogen (secondary N) is 1. The summed E-state index contributed by atoms with van der Waals surface area (Å²) in [5, 5.41) is 22.6. The Morgan fingerprint density at radius 3 is 2.61 bits per heavy atom. The van der Waals surface area contributed by atoms with Gasteiger partial charge in [-0.25, -0.2) is 0 Å². The zero-order valence-electron chi connectivity index (χ0n) is 14.3. The molecule has 0 spiro atoms. The average Bonchev–Trinajstić information content (AvgIpc) is 3.15. The molecule has 0 atom stereocenters. The summed E-state index contributed by atoms with van der Waals surface area (Å²) in [5.74, 6) is 0.239. The molecule has 3 rings (SSSR count). The molecular formula is C20H12BrN3O4. The van der Waals surface area contributed by atoms with Gasteiger partial charge in [-0.3, -0.25) is 14.9 Å². The van der Waals surface area contributed by atoms with Gasteiger partial charge in [-0.15, -0.1) is 0 Å². The van der Waals surface area contributed by atoms with Crippen molar-refractivity contribution in [1.82, 2.24) is 0 Å². The fraction of sp³-hybridized carbons (Fsp3) is 0. The minimum absolute atomic E-state index is 0.162. The number of furan rings is 1. The first-order valence-electron chi connectivity index (χ1n) is 7.99. The summed E-state index contributed by atoms with van der Waals surface area (Å²) < 4.78 is 6.62. The summed E-state index contributed by atoms with van der Waals surface area (Å²) in [7, 11) is 0. The lowest BCUT2D eigenvalue weighted by Crippen LogP contribution is -2.13. The molecule has 0 saturated carbocycles. The van der Waals surface area contributed by atoms with E-state index in [0.717, 1.165) is 10.0 Å². The first-order valence-corrected chi connectivity index (χ1v) is 8.79. The van der Waals surface area contributed by atoms with Gasteiger partial charge < -0.3 is 9.73 Å². The van der Waals surface area contributed by atoms with Crippen molar-refractivity contribution in [3.05, 3.63) is 86.6 Å². The quantitative estimate of drug-likeness (QED) is 0.256. The van der Waals surface area contributed by atoms with E-state index in [1.807, 2.05) is 30.3 Å². The van der Waals surface area contributed by atoms with Crippen molar-refractivity contribution >= 4 is 39.3 Å². The molecule has 0 radical (unpaired) electrons. The molecular weight excluding hydrogens is 426 g/mol. The lowest BCUT2D eigenvalue weighted by molar-refractivity contribution is -0.384. The Hall–Kier alpha value is -3.70. The molecule has 1 heterocycles. The number of halogens is 1. The van der Waals surface area contributed by atoms with Crippen molar-refractivity contribution in [3.63, 3.8) is 0 Å². The molecule has 2 aromatic carbocycles. The number of nitriles is 1. The zero-order valence-corrected chi connectivity index (χ0v) is 15.8. The largest absolute Gasteiger partial charge is 0.457 e. The maximum Gasteiger partial charge on any atom is 0.271 e. The highest BCUT2D eigenvalue weighted by atomic mass is 79.9. The molecule has 0 aliphatic heterocycles. The van der Waals surface area contributed by atoms with E-state index < -0.39 is 10.8 Å². The molecule has 1 N–H and O–H groups in total. The third-order valence-corrected chi connectivity index (χ3v) is 4.25. The molecule has 1 aromatic heterocycles. The van der Waals surface area contributed by atoms with Crippen LogP contribution in [-0.4, -0.2) is 10.8 Å². The molecule has 7 nitrogen and oxygen atoms in total. The van der Waals surface area contributed by atoms with E-state index in [9.17, 15) is 20.2 Å². The molecule has 3 aromatic rings. The van der Waals surface area contributed by atoms with E-state index in [2.05, 4.69) is 21.2 Å². The second kappa shape index (κ2) is 8.33. The van der Waals surface area contributed by atoms with Crippen LogP contribution in [0.15, 0.2) is 75.1 Å². The van der Waals surface area contributed by atoms with Gasteiger partial charge in [-0.2, -0.15) is 5.26 Å². The molecule has 0 aliphatic rings. The number of hydrogen-bond donors (Lipinski definition) is 1. The van der Waals surface area contributed by atoms with E-state index in [4.69, 9.17) is 4.42 Å². The van der Waals surface area contributed by atoms with Crippen molar-refractivity contribution in [2.24, 2.45) is 0 Å². The van der Waals surface area contributed by atoms with Crippen LogP contribution in [-0.2, 0) is 4.79 Å². The Morgan fingerprint density at radius 2 is 1.93 bits per heavy atom. The van der Waals surface area contributed by atoms with Gasteiger partial charge in [0, 0.05) is 33.9 Å². The second-order valence-electron chi connectivity index (χ2n) is 5.64. The van der Waals surface area contributed by atoms with E-state index >= 15 is 0 Å². The van der Waals surface area contributed by atoms with Gasteiger partial charge >= 0.3 is 0 Å². The Balaban J connectivity index is 1.79. The highest BCUT2D eigenvalue weighted by Gasteiger charge is 2.13. The number of hydrogen-bond acceptors (Lipinski definition) is 5. The summed E-state index contributed by atoms with van der Waals surface area (Å²) in [4.78, 5) is 22.6. The molecule has 28 heavy (non-hydrogen) atoms. The third kappa shape index (κ3) is 4.52. The molecule has 0 fully saturated rings. The zero-order chi connectivity index (χ0) is 20.1. The maximum atomic E-state index is 12.3. The van der Waals surface area contributed by atoms with Crippen molar-refractivity contribution in [1.29, 1.82) is 5.26 Å². The average molecular weight is 438 g/mol. The van der Waals surface area contributed by atoms with Crippen LogP contribution < -0.4 is 5.32 Å². The molecule has 8 heteroatoms. The molecule has 0 bridgehead atoms. The molecule has 138 valence electrons. The van der Waals surface area contributed by atoms with Crippen LogP contribution >= 0.6 is 15.9 Å². The topological polar surface area (TPSA) is 109 Å². The number of carbonyl (C=O) groups excluding carboxylic acids is 1. The Labute approximate surface area is 168 Å². The van der Waals surface area contributed by atoms with E-state index in [-0.39, 0.29) is 16.9 Å². The van der Waals surface area contributed by atoms with Gasteiger partial charge in [0.1, 0.15) is 23.2 Å². The smallest absolute Gasteiger partial charge is 0.271 e. The summed E-state index contributed by atoms with van der Waals surface area (Å²) in [6.45, 7) is 0. The first-order chi connectivity index (χ1) is 13.5. The molecule has 0 unspecified atom stereocenters. The minimum Gasteiger partial charge on any atom is -0.457 e. The Morgan fingerprint density at radius 1 is 1.18 bits per heavy atom. The van der Waals surface area contributed by atoms with Crippen molar-refractivity contribution in [2.45, 2.75) is 0 Å². The number of nitro groups is 1. The van der Waals surface area contributed by atoms with Crippen LogP contribution in [0.25, 0.3) is 17.4 Å². The lowest BCUT2D eigenvalue weighted by atomic mass is 10.2. The van der Waals surface area contributed by atoms with Gasteiger partial charge in [0.05, 0.1) is 4.92 Å². The van der Waals surface area contributed by atoms with Crippen LogP contribution in [0.4, 0.5) is 11.4 Å². The number of rotatable bonds is 5. The summed E-state index contributed by atoms with van der Waals surface area (Å²) in [6, 6.07) is 18.2. The SMILES string of the molecule is N#C/C(=C\c1ccc(-c2ccc(Br)cc2)o1)C(=O)Nc1cccc([N+](=O)[O-])c1. The predicted molar refractivity (Wildman–Crippen MR) is 107 cm³/mol. The predicted octanol–water partition coefficient (Wildman–Crippen LogP) is 5.16. The van der Waals surface area contributed by atoms with Crippen LogP contribution in [0.1, 0.15) is 5.76 Å². The number of nitro benzene ring substituents is 1. The molecule has 0 aliphatic carbocycles.